The number of nitrogens with zero attached hydrogens (tertiary/aromatic N) is 2. The van der Waals surface area contributed by atoms with Crippen molar-refractivity contribution in [1.29, 1.82) is 0 Å². The van der Waals surface area contributed by atoms with Crippen LogP contribution in [-0.4, -0.2) is 18.1 Å². The average Bonchev–Trinajstić information content (AvgIpc) is 2.19. The highest BCUT2D eigenvalue weighted by molar-refractivity contribution is 6.17. The van der Waals surface area contributed by atoms with Gasteiger partial charge in [-0.3, -0.25) is 0 Å². The monoisotopic (exact) mass is 212 g/mol. The molecule has 0 aliphatic heterocycles. The van der Waals surface area contributed by atoms with E-state index in [1.165, 1.54) is 0 Å². The van der Waals surface area contributed by atoms with Crippen LogP contribution in [0.25, 0.3) is 0 Å². The first-order valence-electron chi connectivity index (χ1n) is 4.99. The molecule has 0 bridgehead atoms. The van der Waals surface area contributed by atoms with Crippen molar-refractivity contribution >= 4 is 17.4 Å². The van der Waals surface area contributed by atoms with E-state index in [1.54, 1.807) is 0 Å². The van der Waals surface area contributed by atoms with Gasteiger partial charge in [-0.2, -0.15) is 0 Å². The Labute approximate surface area is 90.9 Å². The van der Waals surface area contributed by atoms with E-state index in [0.717, 1.165) is 30.2 Å². The Hall–Kier alpha value is -0.760. The predicted molar refractivity (Wildman–Crippen MR) is 62.1 cm³/mol. The Bertz CT molecular complexity index is 295. The molecule has 0 unspecified atom stereocenters. The average molecular weight is 213 g/mol. The van der Waals surface area contributed by atoms with Crippen molar-refractivity contribution in [2.45, 2.75) is 26.7 Å². The van der Waals surface area contributed by atoms with Gasteiger partial charge in [-0.25, -0.2) is 4.98 Å². The third-order valence-corrected chi connectivity index (χ3v) is 2.55. The molecule has 0 spiro atoms. The second-order valence-corrected chi connectivity index (χ2v) is 3.55. The smallest absolute Gasteiger partial charge is 0.129 e. The molecule has 0 atom stereocenters. The van der Waals surface area contributed by atoms with Gasteiger partial charge in [-0.1, -0.05) is 0 Å². The number of hydrogen-bond acceptors (Lipinski definition) is 2. The van der Waals surface area contributed by atoms with Crippen LogP contribution in [0.2, 0.25) is 0 Å². The first-order chi connectivity index (χ1) is 6.71. The molecular weight excluding hydrogens is 196 g/mol. The molecule has 1 rings (SSSR count). The van der Waals surface area contributed by atoms with Crippen molar-refractivity contribution < 1.29 is 0 Å². The summed E-state index contributed by atoms with van der Waals surface area (Å²) < 4.78 is 0. The summed E-state index contributed by atoms with van der Waals surface area (Å²) in [5.41, 5.74) is 2.17. The molecule has 78 valence electrons. The molecule has 3 heteroatoms. The molecule has 1 aromatic rings. The van der Waals surface area contributed by atoms with Gasteiger partial charge in [0.2, 0.25) is 0 Å². The summed E-state index contributed by atoms with van der Waals surface area (Å²) in [5, 5.41) is 0. The molecule has 0 aliphatic carbocycles. The van der Waals surface area contributed by atoms with E-state index < -0.39 is 0 Å². The van der Waals surface area contributed by atoms with Crippen molar-refractivity contribution in [3.05, 3.63) is 23.4 Å². The van der Waals surface area contributed by atoms with Crippen LogP contribution < -0.4 is 4.90 Å². The summed E-state index contributed by atoms with van der Waals surface area (Å²) in [6.45, 7) is 8.23. The van der Waals surface area contributed by atoms with Crippen LogP contribution in [0.1, 0.15) is 25.1 Å². The van der Waals surface area contributed by atoms with Crippen molar-refractivity contribution in [1.82, 2.24) is 4.98 Å². The minimum Gasteiger partial charge on any atom is -0.357 e. The number of rotatable bonds is 4. The van der Waals surface area contributed by atoms with Gasteiger partial charge in [-0.15, -0.1) is 11.6 Å². The maximum atomic E-state index is 5.82. The molecule has 14 heavy (non-hydrogen) atoms. The lowest BCUT2D eigenvalue weighted by Gasteiger charge is -2.20. The Balaban J connectivity index is 3.01. The zero-order chi connectivity index (χ0) is 10.6. The van der Waals surface area contributed by atoms with E-state index in [9.17, 15) is 0 Å². The lowest BCUT2D eigenvalue weighted by molar-refractivity contribution is 0.840. The van der Waals surface area contributed by atoms with Crippen molar-refractivity contribution in [3.63, 3.8) is 0 Å². The summed E-state index contributed by atoms with van der Waals surface area (Å²) in [4.78, 5) is 6.72. The molecule has 0 saturated carbocycles. The predicted octanol–water partition coefficient (Wildman–Crippen LogP) is 2.98. The van der Waals surface area contributed by atoms with E-state index >= 15 is 0 Å². The van der Waals surface area contributed by atoms with Crippen LogP contribution >= 0.6 is 11.6 Å². The Kier molecular flexibility index (Phi) is 4.21. The highest BCUT2D eigenvalue weighted by Crippen LogP contribution is 2.15. The fraction of sp³-hybridized carbons (Fsp3) is 0.545. The van der Waals surface area contributed by atoms with Gasteiger partial charge in [-0.05, 0) is 38.5 Å². The van der Waals surface area contributed by atoms with Crippen LogP contribution in [0.3, 0.4) is 0 Å². The molecule has 0 saturated heterocycles. The van der Waals surface area contributed by atoms with Gasteiger partial charge in [0, 0.05) is 24.7 Å². The molecule has 1 heterocycles. The van der Waals surface area contributed by atoms with Crippen LogP contribution in [-0.2, 0) is 5.88 Å². The van der Waals surface area contributed by atoms with E-state index in [4.69, 9.17) is 11.6 Å². The lowest BCUT2D eigenvalue weighted by Crippen LogP contribution is -2.23. The first-order valence-corrected chi connectivity index (χ1v) is 5.53. The quantitative estimate of drug-likeness (QED) is 0.714. The summed E-state index contributed by atoms with van der Waals surface area (Å²) in [7, 11) is 0. The van der Waals surface area contributed by atoms with E-state index in [-0.39, 0.29) is 0 Å². The summed E-state index contributed by atoms with van der Waals surface area (Å²) in [6.07, 6.45) is 0. The largest absolute Gasteiger partial charge is 0.357 e. The zero-order valence-electron chi connectivity index (χ0n) is 9.05. The Morgan fingerprint density at radius 2 is 1.93 bits per heavy atom. The fourth-order valence-corrected chi connectivity index (χ4v) is 1.66. The molecule has 0 fully saturated rings. The summed E-state index contributed by atoms with van der Waals surface area (Å²) in [6, 6.07) is 4.09. The Morgan fingerprint density at radius 1 is 1.29 bits per heavy atom. The molecule has 0 aromatic carbocycles. The third kappa shape index (κ3) is 2.61. The Morgan fingerprint density at radius 3 is 2.43 bits per heavy atom. The first kappa shape index (κ1) is 11.3. The number of pyridine rings is 1. The second-order valence-electron chi connectivity index (χ2n) is 3.28. The third-order valence-electron chi connectivity index (χ3n) is 2.24. The topological polar surface area (TPSA) is 16.1 Å². The zero-order valence-corrected chi connectivity index (χ0v) is 9.80. The second kappa shape index (κ2) is 5.20. The van der Waals surface area contributed by atoms with Crippen LogP contribution in [0.15, 0.2) is 12.1 Å². The highest BCUT2D eigenvalue weighted by atomic mass is 35.5. The number of alkyl halides is 1. The molecule has 0 radical (unpaired) electrons. The highest BCUT2D eigenvalue weighted by Gasteiger charge is 2.05. The molecule has 0 N–H and O–H groups in total. The van der Waals surface area contributed by atoms with Crippen molar-refractivity contribution in [2.75, 3.05) is 18.0 Å². The standard InChI is InChI=1S/C11H17ClN2/c1-4-14(5-2)11-7-10(8-12)6-9(3)13-11/h6-7H,4-5,8H2,1-3H3. The lowest BCUT2D eigenvalue weighted by atomic mass is 10.2. The minimum atomic E-state index is 0.553. The van der Waals surface area contributed by atoms with Gasteiger partial charge in [0.1, 0.15) is 5.82 Å². The number of anilines is 1. The maximum absolute atomic E-state index is 5.82. The molecule has 0 amide bonds. The summed E-state index contributed by atoms with van der Waals surface area (Å²) >= 11 is 5.82. The number of hydrogen-bond donors (Lipinski definition) is 0. The van der Waals surface area contributed by atoms with Gasteiger partial charge in [0.25, 0.3) is 0 Å². The SMILES string of the molecule is CCN(CC)c1cc(CCl)cc(C)n1. The number of aromatic nitrogens is 1. The summed E-state index contributed by atoms with van der Waals surface area (Å²) in [5.74, 6) is 1.59. The fourth-order valence-electron chi connectivity index (χ4n) is 1.51. The molecule has 1 aromatic heterocycles. The van der Waals surface area contributed by atoms with Crippen molar-refractivity contribution in [2.24, 2.45) is 0 Å². The van der Waals surface area contributed by atoms with Gasteiger partial charge >= 0.3 is 0 Å². The number of halogens is 1. The van der Waals surface area contributed by atoms with E-state index in [2.05, 4.69) is 29.8 Å². The van der Waals surface area contributed by atoms with Crippen molar-refractivity contribution in [3.8, 4) is 0 Å². The van der Waals surface area contributed by atoms with Gasteiger partial charge in [0.05, 0.1) is 0 Å². The molecule has 0 aliphatic rings. The van der Waals surface area contributed by atoms with Crippen LogP contribution in [0, 0.1) is 6.92 Å². The number of aryl methyl sites for hydroxylation is 1. The van der Waals surface area contributed by atoms with Gasteiger partial charge < -0.3 is 4.90 Å². The van der Waals surface area contributed by atoms with Crippen LogP contribution in [0.5, 0.6) is 0 Å². The van der Waals surface area contributed by atoms with E-state index in [0.29, 0.717) is 5.88 Å². The minimum absolute atomic E-state index is 0.553. The molecular formula is C11H17ClN2. The maximum Gasteiger partial charge on any atom is 0.129 e. The van der Waals surface area contributed by atoms with Gasteiger partial charge in [0.15, 0.2) is 0 Å². The van der Waals surface area contributed by atoms with E-state index in [1.807, 2.05) is 13.0 Å². The van der Waals surface area contributed by atoms with Crippen LogP contribution in [0.4, 0.5) is 5.82 Å². The molecule has 2 nitrogen and oxygen atoms in total. The normalized spacial score (nSPS) is 10.3.